The number of hydrogen-bond donors (Lipinski definition) is 2. The monoisotopic (exact) mass is 199 g/mol. The summed E-state index contributed by atoms with van der Waals surface area (Å²) in [7, 11) is 1.69. The zero-order chi connectivity index (χ0) is 9.52. The highest BCUT2D eigenvalue weighted by Gasteiger charge is 1.90. The van der Waals surface area contributed by atoms with Gasteiger partial charge in [-0.2, -0.15) is 0 Å². The Morgan fingerprint density at radius 3 is 3.23 bits per heavy atom. The lowest BCUT2D eigenvalue weighted by molar-refractivity contribution is 0.198. The number of methoxy groups -OCH3 is 1. The predicted molar refractivity (Wildman–Crippen MR) is 54.4 cm³/mol. The van der Waals surface area contributed by atoms with E-state index >= 15 is 0 Å². The number of hydrogen-bond acceptors (Lipinski definition) is 4. The molecule has 0 atom stereocenters. The Hall–Kier alpha value is -0.940. The quantitative estimate of drug-likeness (QED) is 0.558. The maximum atomic E-state index is 4.92. The largest absolute Gasteiger partial charge is 0.385 e. The summed E-state index contributed by atoms with van der Waals surface area (Å²) < 4.78 is 5.51. The van der Waals surface area contributed by atoms with Crippen molar-refractivity contribution in [1.82, 2.24) is 9.97 Å². The second kappa shape index (κ2) is 5.66. The average molecular weight is 199 g/mol. The van der Waals surface area contributed by atoms with E-state index in [1.165, 1.54) is 0 Å². The minimum Gasteiger partial charge on any atom is -0.385 e. The molecule has 1 rings (SSSR count). The Morgan fingerprint density at radius 1 is 1.69 bits per heavy atom. The first-order valence-electron chi connectivity index (χ1n) is 4.10. The first-order valence-corrected chi connectivity index (χ1v) is 4.51. The maximum absolute atomic E-state index is 4.92. The van der Waals surface area contributed by atoms with Crippen LogP contribution in [0.5, 0.6) is 0 Å². The first kappa shape index (κ1) is 10.1. The molecule has 0 amide bonds. The number of aromatic amines is 1. The topological polar surface area (TPSA) is 49.9 Å². The van der Waals surface area contributed by atoms with Gasteiger partial charge in [-0.1, -0.05) is 12.2 Å². The van der Waals surface area contributed by atoms with E-state index in [0.717, 1.165) is 25.4 Å². The molecule has 0 aliphatic rings. The molecule has 0 saturated heterocycles. The SMILES string of the molecule is COCCCNc1cc(=S)nc[nH]1. The predicted octanol–water partition coefficient (Wildman–Crippen LogP) is 1.59. The van der Waals surface area contributed by atoms with Crippen LogP contribution in [0.3, 0.4) is 0 Å². The van der Waals surface area contributed by atoms with Crippen LogP contribution in [0, 0.1) is 4.64 Å². The fourth-order valence-electron chi connectivity index (χ4n) is 0.909. The molecule has 0 aromatic carbocycles. The van der Waals surface area contributed by atoms with Crippen molar-refractivity contribution in [3.8, 4) is 0 Å². The van der Waals surface area contributed by atoms with Crippen LogP contribution in [-0.2, 0) is 4.74 Å². The van der Waals surface area contributed by atoms with Gasteiger partial charge in [0.2, 0.25) is 0 Å². The van der Waals surface area contributed by atoms with E-state index in [9.17, 15) is 0 Å². The molecule has 0 radical (unpaired) electrons. The van der Waals surface area contributed by atoms with Crippen molar-refractivity contribution < 1.29 is 4.74 Å². The number of anilines is 1. The fraction of sp³-hybridized carbons (Fsp3) is 0.500. The Bertz CT molecular complexity index is 299. The van der Waals surface area contributed by atoms with Gasteiger partial charge in [0.25, 0.3) is 0 Å². The molecular formula is C8H13N3OS. The van der Waals surface area contributed by atoms with Crippen molar-refractivity contribution in [1.29, 1.82) is 0 Å². The lowest BCUT2D eigenvalue weighted by Crippen LogP contribution is -2.05. The standard InChI is InChI=1S/C8H13N3OS/c1-12-4-2-3-9-7-5-8(13)11-6-10-7/h5-6H,2-4H2,1H3,(H2,9,10,11,13). The molecule has 0 unspecified atom stereocenters. The van der Waals surface area contributed by atoms with Gasteiger partial charge in [0.1, 0.15) is 10.5 Å². The van der Waals surface area contributed by atoms with E-state index < -0.39 is 0 Å². The van der Waals surface area contributed by atoms with Gasteiger partial charge in [-0.25, -0.2) is 4.98 Å². The number of H-pyrrole nitrogens is 1. The van der Waals surface area contributed by atoms with Crippen LogP contribution in [0.1, 0.15) is 6.42 Å². The molecule has 5 heteroatoms. The van der Waals surface area contributed by atoms with Crippen molar-refractivity contribution in [2.45, 2.75) is 6.42 Å². The van der Waals surface area contributed by atoms with Crippen molar-refractivity contribution in [3.05, 3.63) is 17.0 Å². The Morgan fingerprint density at radius 2 is 2.54 bits per heavy atom. The van der Waals surface area contributed by atoms with Gasteiger partial charge in [-0.15, -0.1) is 0 Å². The first-order chi connectivity index (χ1) is 6.33. The van der Waals surface area contributed by atoms with Crippen LogP contribution in [0.25, 0.3) is 0 Å². The maximum Gasteiger partial charge on any atom is 0.131 e. The highest BCUT2D eigenvalue weighted by Crippen LogP contribution is 1.99. The third-order valence-corrected chi connectivity index (χ3v) is 1.74. The van der Waals surface area contributed by atoms with Crippen LogP contribution in [0.2, 0.25) is 0 Å². The third kappa shape index (κ3) is 4.00. The average Bonchev–Trinajstić information content (AvgIpc) is 2.13. The van der Waals surface area contributed by atoms with Crippen LogP contribution in [-0.4, -0.2) is 30.2 Å². The number of aromatic nitrogens is 2. The molecule has 1 heterocycles. The van der Waals surface area contributed by atoms with Gasteiger partial charge in [0, 0.05) is 26.3 Å². The molecule has 0 fully saturated rings. The summed E-state index contributed by atoms with van der Waals surface area (Å²) in [5.41, 5.74) is 0. The normalized spacial score (nSPS) is 9.92. The van der Waals surface area contributed by atoms with Crippen molar-refractivity contribution in [3.63, 3.8) is 0 Å². The number of nitrogens with one attached hydrogen (secondary N) is 2. The van der Waals surface area contributed by atoms with Crippen LogP contribution in [0.4, 0.5) is 5.82 Å². The van der Waals surface area contributed by atoms with E-state index in [-0.39, 0.29) is 0 Å². The highest BCUT2D eigenvalue weighted by molar-refractivity contribution is 7.71. The molecule has 0 aliphatic heterocycles. The molecule has 4 nitrogen and oxygen atoms in total. The summed E-state index contributed by atoms with van der Waals surface area (Å²) in [6.45, 7) is 1.63. The molecule has 0 saturated carbocycles. The lowest BCUT2D eigenvalue weighted by Gasteiger charge is -2.04. The van der Waals surface area contributed by atoms with Gasteiger partial charge < -0.3 is 15.0 Å². The van der Waals surface area contributed by atoms with Gasteiger partial charge >= 0.3 is 0 Å². The molecular weight excluding hydrogens is 186 g/mol. The second-order valence-electron chi connectivity index (χ2n) is 2.57. The van der Waals surface area contributed by atoms with Gasteiger partial charge in [0.05, 0.1) is 6.33 Å². The fourth-order valence-corrected chi connectivity index (χ4v) is 1.08. The van der Waals surface area contributed by atoms with Gasteiger partial charge in [-0.05, 0) is 6.42 Å². The number of rotatable bonds is 5. The molecule has 2 N–H and O–H groups in total. The summed E-state index contributed by atoms with van der Waals surface area (Å²) in [5, 5.41) is 3.18. The summed E-state index contributed by atoms with van der Waals surface area (Å²) >= 11 is 4.91. The molecule has 1 aromatic rings. The van der Waals surface area contributed by atoms with Gasteiger partial charge in [0.15, 0.2) is 0 Å². The van der Waals surface area contributed by atoms with Crippen LogP contribution < -0.4 is 5.32 Å². The molecule has 0 bridgehead atoms. The van der Waals surface area contributed by atoms with Crippen molar-refractivity contribution in [2.24, 2.45) is 0 Å². The van der Waals surface area contributed by atoms with E-state index in [4.69, 9.17) is 17.0 Å². The molecule has 13 heavy (non-hydrogen) atoms. The summed E-state index contributed by atoms with van der Waals surface area (Å²) in [6, 6.07) is 1.79. The van der Waals surface area contributed by atoms with Crippen LogP contribution in [0.15, 0.2) is 12.4 Å². The van der Waals surface area contributed by atoms with Crippen molar-refractivity contribution >= 4 is 18.0 Å². The molecule has 1 aromatic heterocycles. The summed E-state index contributed by atoms with van der Waals surface area (Å²) in [5.74, 6) is 0.899. The van der Waals surface area contributed by atoms with E-state index in [1.54, 1.807) is 19.5 Å². The summed E-state index contributed by atoms with van der Waals surface area (Å²) in [4.78, 5) is 6.84. The Balaban J connectivity index is 2.33. The summed E-state index contributed by atoms with van der Waals surface area (Å²) in [6.07, 6.45) is 2.56. The lowest BCUT2D eigenvalue weighted by atomic mass is 10.4. The highest BCUT2D eigenvalue weighted by atomic mass is 32.1. The van der Waals surface area contributed by atoms with Crippen LogP contribution >= 0.6 is 12.2 Å². The van der Waals surface area contributed by atoms with E-state index in [2.05, 4.69) is 15.3 Å². The number of nitrogens with zero attached hydrogens (tertiary/aromatic N) is 1. The Labute approximate surface area is 82.4 Å². The molecule has 72 valence electrons. The molecule has 0 aliphatic carbocycles. The zero-order valence-corrected chi connectivity index (χ0v) is 8.36. The zero-order valence-electron chi connectivity index (χ0n) is 7.54. The molecule has 0 spiro atoms. The third-order valence-electron chi connectivity index (χ3n) is 1.52. The second-order valence-corrected chi connectivity index (χ2v) is 2.99. The smallest absolute Gasteiger partial charge is 0.131 e. The Kier molecular flexibility index (Phi) is 4.42. The number of ether oxygens (including phenoxy) is 1. The minimum absolute atomic E-state index is 0.591. The minimum atomic E-state index is 0.591. The van der Waals surface area contributed by atoms with E-state index in [0.29, 0.717) is 4.64 Å². The van der Waals surface area contributed by atoms with E-state index in [1.807, 2.05) is 0 Å². The van der Waals surface area contributed by atoms with Crippen molar-refractivity contribution in [2.75, 3.05) is 25.6 Å². The van der Waals surface area contributed by atoms with Gasteiger partial charge in [-0.3, -0.25) is 0 Å².